The average Bonchev–Trinajstić information content (AvgIpc) is 2.92. The van der Waals surface area contributed by atoms with Gasteiger partial charge in [0.15, 0.2) is 57.7 Å². The van der Waals surface area contributed by atoms with E-state index in [1.165, 1.54) is 0 Å². The van der Waals surface area contributed by atoms with E-state index in [1.54, 1.807) is 0 Å². The molecular formula is C26H8Cl4F10O2. The van der Waals surface area contributed by atoms with Gasteiger partial charge in [-0.1, -0.05) is 58.5 Å². The van der Waals surface area contributed by atoms with Crippen molar-refractivity contribution < 1.29 is 54.1 Å². The van der Waals surface area contributed by atoms with Crippen molar-refractivity contribution in [3.63, 3.8) is 0 Å². The predicted molar refractivity (Wildman–Crippen MR) is 131 cm³/mol. The third-order valence-corrected chi connectivity index (χ3v) is 7.40. The second-order valence-corrected chi connectivity index (χ2v) is 10.2. The van der Waals surface area contributed by atoms with Crippen molar-refractivity contribution in [2.75, 3.05) is 0 Å². The summed E-state index contributed by atoms with van der Waals surface area (Å²) in [5.74, 6) is -28.1. The van der Waals surface area contributed by atoms with Crippen LogP contribution in [0.15, 0.2) is 36.4 Å². The largest absolute Gasteiger partial charge is 0.376 e. The van der Waals surface area contributed by atoms with Crippen LogP contribution < -0.4 is 0 Å². The van der Waals surface area contributed by atoms with Gasteiger partial charge in [-0.05, 0) is 24.3 Å². The molecule has 0 spiro atoms. The van der Waals surface area contributed by atoms with Gasteiger partial charge in [0.2, 0.25) is 11.6 Å². The second kappa shape index (κ2) is 11.1. The third-order valence-electron chi connectivity index (χ3n) is 6.31. The number of halogens is 14. The number of aliphatic hydroxyl groups is 2. The van der Waals surface area contributed by atoms with E-state index in [1.807, 2.05) is 0 Å². The average molecular weight is 684 g/mol. The molecule has 0 heterocycles. The summed E-state index contributed by atoms with van der Waals surface area (Å²) in [6, 6.07) is 3.98. The Kier molecular flexibility index (Phi) is 8.48. The third kappa shape index (κ3) is 4.51. The Morgan fingerprint density at radius 1 is 0.405 bits per heavy atom. The molecule has 0 aliphatic rings. The molecule has 16 heteroatoms. The summed E-state index contributed by atoms with van der Waals surface area (Å²) in [5, 5.41) is 21.8. The zero-order valence-corrected chi connectivity index (χ0v) is 22.7. The van der Waals surface area contributed by atoms with Crippen LogP contribution in [-0.4, -0.2) is 10.2 Å². The van der Waals surface area contributed by atoms with E-state index < -0.39 is 102 Å². The fourth-order valence-corrected chi connectivity index (χ4v) is 5.52. The van der Waals surface area contributed by atoms with Crippen LogP contribution in [0.25, 0.3) is 0 Å². The van der Waals surface area contributed by atoms with Gasteiger partial charge in [0.05, 0.1) is 11.1 Å². The van der Waals surface area contributed by atoms with Gasteiger partial charge in [0.1, 0.15) is 0 Å². The predicted octanol–water partition coefficient (Wildman–Crippen LogP) is 8.86. The minimum Gasteiger partial charge on any atom is -0.376 e. The zero-order chi connectivity index (χ0) is 31.6. The molecule has 2 nitrogen and oxygen atoms in total. The molecule has 0 fully saturated rings. The molecule has 0 aliphatic carbocycles. The molecule has 0 radical (unpaired) electrons. The monoisotopic (exact) mass is 682 g/mol. The van der Waals surface area contributed by atoms with Crippen molar-refractivity contribution >= 4 is 46.4 Å². The Balaban J connectivity index is 2.42. The molecule has 0 aliphatic heterocycles. The van der Waals surface area contributed by atoms with Crippen molar-refractivity contribution in [2.45, 2.75) is 11.2 Å². The smallest absolute Gasteiger partial charge is 0.200 e. The number of rotatable bonds is 5. The molecule has 4 aromatic rings. The van der Waals surface area contributed by atoms with Crippen LogP contribution in [0.3, 0.4) is 0 Å². The fraction of sp³-hybridized carbons (Fsp3) is 0.0769. The van der Waals surface area contributed by atoms with Gasteiger partial charge in [-0.25, -0.2) is 43.9 Å². The molecule has 0 saturated heterocycles. The minimum atomic E-state index is -4.46. The second-order valence-electron chi connectivity index (χ2n) is 8.56. The highest BCUT2D eigenvalue weighted by Gasteiger charge is 2.62. The molecule has 0 aromatic heterocycles. The molecule has 0 amide bonds. The molecule has 42 heavy (non-hydrogen) atoms. The van der Waals surface area contributed by atoms with Gasteiger partial charge in [0.25, 0.3) is 0 Å². The van der Waals surface area contributed by atoms with Crippen LogP contribution in [-0.2, 0) is 11.2 Å². The quantitative estimate of drug-likeness (QED) is 0.125. The van der Waals surface area contributed by atoms with E-state index in [2.05, 4.69) is 0 Å². The highest BCUT2D eigenvalue weighted by Crippen LogP contribution is 2.56. The molecule has 0 bridgehead atoms. The maximum atomic E-state index is 15.4. The molecule has 4 rings (SSSR count). The summed E-state index contributed by atoms with van der Waals surface area (Å²) < 4.78 is 148. The normalized spacial score (nSPS) is 14.6. The summed E-state index contributed by atoms with van der Waals surface area (Å²) >= 11 is 23.8. The standard InChI is InChI=1S/C26H8Cl4F10O2/c27-7-1-3-9(11(29)5-7)25(41,13-15(31)19(35)23(39)20(36)16(13)32)26(42,10-4-2-8(28)6-12(10)30)14-17(33)21(37)24(40)22(38)18(14)34/h1-6,41-42H. The van der Waals surface area contributed by atoms with E-state index in [-0.39, 0.29) is 10.0 Å². The van der Waals surface area contributed by atoms with Crippen molar-refractivity contribution in [1.29, 1.82) is 0 Å². The summed E-state index contributed by atoms with van der Waals surface area (Å²) in [5.41, 5.74) is -16.4. The molecule has 222 valence electrons. The topological polar surface area (TPSA) is 40.5 Å². The van der Waals surface area contributed by atoms with Crippen molar-refractivity contribution in [3.05, 3.63) is 137 Å². The Labute approximate surface area is 248 Å². The molecule has 0 saturated carbocycles. The van der Waals surface area contributed by atoms with Crippen LogP contribution in [0.1, 0.15) is 22.3 Å². The van der Waals surface area contributed by atoms with E-state index >= 15 is 17.6 Å². The lowest BCUT2D eigenvalue weighted by molar-refractivity contribution is -0.121. The van der Waals surface area contributed by atoms with E-state index in [4.69, 9.17) is 46.4 Å². The van der Waals surface area contributed by atoms with Crippen molar-refractivity contribution in [3.8, 4) is 0 Å². The first kappa shape index (κ1) is 32.2. The SMILES string of the molecule is OC(c1ccc(Cl)cc1Cl)(c1c(F)c(F)c(F)c(F)c1F)C(O)(c1ccc(Cl)cc1Cl)c1c(F)c(F)c(F)c(F)c1F. The molecule has 2 N–H and O–H groups in total. The lowest BCUT2D eigenvalue weighted by Gasteiger charge is -2.46. The van der Waals surface area contributed by atoms with E-state index in [0.29, 0.717) is 24.3 Å². The Bertz CT molecular complexity index is 1600. The lowest BCUT2D eigenvalue weighted by Crippen LogP contribution is -2.54. The lowest BCUT2D eigenvalue weighted by atomic mass is 9.65. The highest BCUT2D eigenvalue weighted by molar-refractivity contribution is 6.36. The fourth-order valence-electron chi connectivity index (χ4n) is 4.43. The van der Waals surface area contributed by atoms with Gasteiger partial charge in [-0.2, -0.15) is 0 Å². The molecule has 2 atom stereocenters. The highest BCUT2D eigenvalue weighted by atomic mass is 35.5. The molecule has 2 unspecified atom stereocenters. The first-order valence-corrected chi connectivity index (χ1v) is 12.3. The Morgan fingerprint density at radius 2 is 0.643 bits per heavy atom. The van der Waals surface area contributed by atoms with Crippen LogP contribution in [0, 0.1) is 58.2 Å². The van der Waals surface area contributed by atoms with E-state index in [9.17, 15) is 36.6 Å². The van der Waals surface area contributed by atoms with Crippen molar-refractivity contribution in [1.82, 2.24) is 0 Å². The van der Waals surface area contributed by atoms with Gasteiger partial charge >= 0.3 is 0 Å². The number of benzene rings is 4. The van der Waals surface area contributed by atoms with Gasteiger partial charge in [-0.15, -0.1) is 0 Å². The molecule has 4 aromatic carbocycles. The first-order chi connectivity index (χ1) is 19.4. The van der Waals surface area contributed by atoms with Gasteiger partial charge < -0.3 is 10.2 Å². The summed E-state index contributed by atoms with van der Waals surface area (Å²) in [6.45, 7) is 0. The van der Waals surface area contributed by atoms with Gasteiger partial charge in [0, 0.05) is 31.2 Å². The number of hydrogen-bond donors (Lipinski definition) is 2. The Morgan fingerprint density at radius 3 is 0.881 bits per heavy atom. The van der Waals surface area contributed by atoms with E-state index in [0.717, 1.165) is 12.1 Å². The minimum absolute atomic E-state index is 0.298. The maximum absolute atomic E-state index is 15.4. The summed E-state index contributed by atoms with van der Waals surface area (Å²) in [7, 11) is 0. The number of hydrogen-bond acceptors (Lipinski definition) is 2. The maximum Gasteiger partial charge on any atom is 0.200 e. The summed E-state index contributed by atoms with van der Waals surface area (Å²) in [6.07, 6.45) is 0. The van der Waals surface area contributed by atoms with Crippen molar-refractivity contribution in [2.24, 2.45) is 0 Å². The van der Waals surface area contributed by atoms with Crippen LogP contribution in [0.5, 0.6) is 0 Å². The zero-order valence-electron chi connectivity index (χ0n) is 19.7. The molecular weight excluding hydrogens is 676 g/mol. The van der Waals surface area contributed by atoms with Crippen LogP contribution >= 0.6 is 46.4 Å². The van der Waals surface area contributed by atoms with Crippen LogP contribution in [0.2, 0.25) is 20.1 Å². The first-order valence-electron chi connectivity index (χ1n) is 10.8. The van der Waals surface area contributed by atoms with Crippen LogP contribution in [0.4, 0.5) is 43.9 Å². The summed E-state index contributed by atoms with van der Waals surface area (Å²) in [4.78, 5) is 0. The Hall–Kier alpha value is -2.74. The van der Waals surface area contributed by atoms with Gasteiger partial charge in [-0.3, -0.25) is 0 Å².